The maximum Gasteiger partial charge on any atom is 2.00 e. The number of hydrogen-bond donors (Lipinski definition) is 4. The van der Waals surface area contributed by atoms with E-state index in [0.717, 1.165) is 0 Å². The largest absolute Gasteiger partial charge is 2.00 e. The summed E-state index contributed by atoms with van der Waals surface area (Å²) in [5, 5.41) is 0. The Balaban J connectivity index is -0.00000000267. The summed E-state index contributed by atoms with van der Waals surface area (Å²) < 4.78 is 22.2. The molecule has 0 bridgehead atoms. The van der Waals surface area contributed by atoms with Crippen LogP contribution in [-0.4, -0.2) is 192 Å². The molecule has 0 amide bonds. The second-order valence-electron chi connectivity index (χ2n) is 1.06. The maximum absolute atomic E-state index is 9.63. The summed E-state index contributed by atoms with van der Waals surface area (Å²) in [4.78, 5) is 31.0. The summed E-state index contributed by atoms with van der Waals surface area (Å²) in [6.45, 7) is 0. The van der Waals surface area contributed by atoms with Gasteiger partial charge in [0.25, 0.3) is 0 Å². The Morgan fingerprint density at radius 3 is 0.765 bits per heavy atom. The summed E-state index contributed by atoms with van der Waals surface area (Å²) in [7, 11) is -10.1. The van der Waals surface area contributed by atoms with E-state index in [4.69, 9.17) is 19.6 Å². The van der Waals surface area contributed by atoms with E-state index in [1.54, 1.807) is 0 Å². The third kappa shape index (κ3) is 62.4. The zero-order chi connectivity index (χ0) is 7.71. The van der Waals surface area contributed by atoms with Gasteiger partial charge in [-0.05, 0) is 0 Å². The molecule has 0 aliphatic rings. The fourth-order valence-corrected chi connectivity index (χ4v) is 1.25. The molecule has 0 aromatic rings. The van der Waals surface area contributed by atoms with Gasteiger partial charge in [0, 0.05) is 0 Å². The van der Waals surface area contributed by atoms with Crippen molar-refractivity contribution in [2.75, 3.05) is 0 Å². The minimum Gasteiger partial charge on any atom is -1.00 e. The molecule has 0 aromatic carbocycles. The van der Waals surface area contributed by atoms with E-state index in [0.29, 0.717) is 0 Å². The average Bonchev–Trinajstić information content (AvgIpc) is 1.14. The Labute approximate surface area is 228 Å². The van der Waals surface area contributed by atoms with Crippen LogP contribution in [0.5, 0.6) is 0 Å². The zero-order valence-corrected chi connectivity index (χ0v) is 19.4. The molecule has 17 heteroatoms. The van der Waals surface area contributed by atoms with Gasteiger partial charge < -0.3 is 52.9 Å². The first-order valence-electron chi connectivity index (χ1n) is 1.53. The Morgan fingerprint density at radius 1 is 0.647 bits per heavy atom. The second kappa shape index (κ2) is 26.1. The van der Waals surface area contributed by atoms with Gasteiger partial charge in [0.2, 0.25) is 0 Å². The van der Waals surface area contributed by atoms with E-state index in [-0.39, 0.29) is 184 Å². The first-order chi connectivity index (χ1) is 3.71. The van der Waals surface area contributed by atoms with Crippen LogP contribution in [0.25, 0.3) is 0 Å². The zero-order valence-electron chi connectivity index (χ0n) is 16.7. The summed E-state index contributed by atoms with van der Waals surface area (Å²) in [6, 6.07) is 0. The molecule has 17 heavy (non-hydrogen) atoms. The van der Waals surface area contributed by atoms with Crippen LogP contribution in [0.4, 0.5) is 0 Å². The van der Waals surface area contributed by atoms with Gasteiger partial charge in [-0.2, -0.15) is 4.31 Å². The van der Waals surface area contributed by atoms with E-state index in [2.05, 4.69) is 4.31 Å². The van der Waals surface area contributed by atoms with Crippen LogP contribution in [0, 0.1) is 0 Å². The van der Waals surface area contributed by atoms with Gasteiger partial charge in [0.1, 0.15) is 0 Å². The summed E-state index contributed by atoms with van der Waals surface area (Å²) in [5.41, 5.74) is 0. The maximum atomic E-state index is 9.63. The topological polar surface area (TPSA) is 250 Å². The van der Waals surface area contributed by atoms with Gasteiger partial charge in [-0.15, -0.1) is 0 Å². The van der Waals surface area contributed by atoms with Gasteiger partial charge in [0.15, 0.2) is 0 Å². The van der Waals surface area contributed by atoms with Crippen LogP contribution in [0.2, 0.25) is 0 Å². The molecule has 0 aliphatic heterocycles. The molecule has 11 nitrogen and oxygen atoms in total. The third-order valence-corrected chi connectivity index (χ3v) is 1.91. The Morgan fingerprint density at radius 2 is 0.765 bits per heavy atom. The smallest absolute Gasteiger partial charge is 1.00 e. The molecule has 0 spiro atoms. The Bertz CT molecular complexity index is 185. The fourth-order valence-electron chi connectivity index (χ4n) is 0.139. The van der Waals surface area contributed by atoms with Crippen LogP contribution in [0.15, 0.2) is 0 Å². The van der Waals surface area contributed by atoms with Crippen molar-refractivity contribution in [1.82, 2.24) is 0 Å². The molecule has 0 saturated heterocycles. The fraction of sp³-hybridized carbons (Fsp3) is 0. The SMILES string of the molecule is O.O.O.O.O=P(O)(O)OP(=O)(O)O.[Ca+2].[Ca+2].[Ca+2].[Ca+2].[H-].[H-].[H-].[H-].[H-].[H-].[H-].[H-]. The van der Waals surface area contributed by atoms with E-state index >= 15 is 0 Å². The molecule has 104 valence electrons. The van der Waals surface area contributed by atoms with Crippen molar-refractivity contribution in [3.63, 3.8) is 0 Å². The molecule has 0 aliphatic carbocycles. The Hall–Kier alpha value is 5.14. The van der Waals surface area contributed by atoms with E-state index in [1.807, 2.05) is 0 Å². The van der Waals surface area contributed by atoms with Crippen molar-refractivity contribution in [3.8, 4) is 0 Å². The van der Waals surface area contributed by atoms with E-state index in [1.165, 1.54) is 0 Å². The standard InChI is InChI=1S/4Ca.H4O7P2.4H2O.8H/c;;;;1-8(2,3)7-9(4,5)6;;;;;;;;;;;;/h;;;;(H2,1,2,3)(H2,4,5,6);4*1H2;;;;;;;;/q4*+2;;;;;;8*-1. The molecule has 0 saturated carbocycles. The van der Waals surface area contributed by atoms with Crippen molar-refractivity contribution in [1.29, 1.82) is 0 Å². The first kappa shape index (κ1) is 57.3. The van der Waals surface area contributed by atoms with Crippen molar-refractivity contribution in [2.45, 2.75) is 0 Å². The van der Waals surface area contributed by atoms with Crippen LogP contribution in [0.3, 0.4) is 0 Å². The summed E-state index contributed by atoms with van der Waals surface area (Å²) in [5.74, 6) is 0. The average molecular weight is 418 g/mol. The van der Waals surface area contributed by atoms with Crippen molar-refractivity contribution in [2.24, 2.45) is 0 Å². The van der Waals surface area contributed by atoms with Crippen LogP contribution in [-0.2, 0) is 13.4 Å². The normalized spacial score (nSPS) is 7.29. The second-order valence-corrected chi connectivity index (χ2v) is 3.68. The van der Waals surface area contributed by atoms with Crippen LogP contribution in [0.1, 0.15) is 11.4 Å². The van der Waals surface area contributed by atoms with Gasteiger partial charge >= 0.3 is 167 Å². The third-order valence-electron chi connectivity index (χ3n) is 0.213. The van der Waals surface area contributed by atoms with Crippen LogP contribution >= 0.6 is 15.6 Å². The summed E-state index contributed by atoms with van der Waals surface area (Å²) >= 11 is 0. The van der Waals surface area contributed by atoms with Gasteiger partial charge in [0.05, 0.1) is 0 Å². The molecule has 12 N–H and O–H groups in total. The van der Waals surface area contributed by atoms with Crippen molar-refractivity contribution >= 4 is 167 Å². The summed E-state index contributed by atoms with van der Waals surface area (Å²) in [6.07, 6.45) is 0. The molecule has 0 fully saturated rings. The molecule has 0 heterocycles. The molecule has 0 radical (unpaired) electrons. The monoisotopic (exact) mass is 418 g/mol. The first-order valence-corrected chi connectivity index (χ1v) is 4.59. The van der Waals surface area contributed by atoms with Gasteiger partial charge in [-0.1, -0.05) is 0 Å². The molecular weight excluding hydrogens is 398 g/mol. The predicted octanol–water partition coefficient (Wildman–Crippen LogP) is -4.73. The quantitative estimate of drug-likeness (QED) is 0.251. The molecule has 0 atom stereocenters. The van der Waals surface area contributed by atoms with Crippen LogP contribution < -0.4 is 0 Å². The minimum atomic E-state index is -5.05. The van der Waals surface area contributed by atoms with Crippen molar-refractivity contribution < 1.29 is 66.3 Å². The molecule has 0 unspecified atom stereocenters. The minimum absolute atomic E-state index is 0. The van der Waals surface area contributed by atoms with Gasteiger partial charge in [-0.25, -0.2) is 9.13 Å². The predicted molar refractivity (Wildman–Crippen MR) is 71.5 cm³/mol. The van der Waals surface area contributed by atoms with Crippen molar-refractivity contribution in [3.05, 3.63) is 0 Å². The number of rotatable bonds is 2. The Kier molecular flexibility index (Phi) is 87.8. The van der Waals surface area contributed by atoms with Gasteiger partial charge in [-0.3, -0.25) is 0 Å². The molecule has 0 aromatic heterocycles. The molecular formula is H20Ca4O11P2. The number of phosphoric acid groups is 2. The number of hydrogen-bond acceptors (Lipinski definition) is 3. The van der Waals surface area contributed by atoms with E-state index in [9.17, 15) is 9.13 Å². The molecule has 0 rings (SSSR count). The van der Waals surface area contributed by atoms with E-state index < -0.39 is 15.6 Å².